The van der Waals surface area contributed by atoms with Crippen LogP contribution in [0.15, 0.2) is 0 Å². The molecule has 0 aromatic heterocycles. The molecule has 0 saturated heterocycles. The lowest BCUT2D eigenvalue weighted by Gasteiger charge is -2.18. The van der Waals surface area contributed by atoms with Gasteiger partial charge < -0.3 is 14.6 Å². The van der Waals surface area contributed by atoms with Crippen molar-refractivity contribution in [2.24, 2.45) is 23.7 Å². The summed E-state index contributed by atoms with van der Waals surface area (Å²) in [4.78, 5) is 22.3. The van der Waals surface area contributed by atoms with Gasteiger partial charge in [-0.1, -0.05) is 66.7 Å². The molecular weight excluding hydrogens is 328 g/mol. The number of aldehydes is 1. The van der Waals surface area contributed by atoms with Crippen LogP contribution in [0.1, 0.15) is 92.4 Å². The summed E-state index contributed by atoms with van der Waals surface area (Å²) in [6.07, 6.45) is 9.17. The zero-order valence-electron chi connectivity index (χ0n) is 17.7. The number of aliphatic hydroxyl groups is 1. The number of rotatable bonds is 16. The van der Waals surface area contributed by atoms with E-state index in [-0.39, 0.29) is 6.42 Å². The van der Waals surface area contributed by atoms with Gasteiger partial charge in [0.25, 0.3) is 0 Å². The zero-order valence-corrected chi connectivity index (χ0v) is 17.7. The molecule has 0 rings (SSSR count). The van der Waals surface area contributed by atoms with Crippen LogP contribution >= 0.6 is 0 Å². The fraction of sp³-hybridized carbons (Fsp3) is 0.909. The highest BCUT2D eigenvalue weighted by Crippen LogP contribution is 2.24. The summed E-state index contributed by atoms with van der Waals surface area (Å²) in [6, 6.07) is 0. The van der Waals surface area contributed by atoms with Gasteiger partial charge in [-0.25, -0.2) is 0 Å². The lowest BCUT2D eigenvalue weighted by molar-refractivity contribution is -0.146. The number of ether oxygens (including phenoxy) is 1. The summed E-state index contributed by atoms with van der Waals surface area (Å²) in [5, 5.41) is 9.67. The van der Waals surface area contributed by atoms with Crippen molar-refractivity contribution in [3.8, 4) is 0 Å². The van der Waals surface area contributed by atoms with Gasteiger partial charge in [0.05, 0.1) is 19.1 Å². The maximum absolute atomic E-state index is 11.7. The van der Waals surface area contributed by atoms with Crippen molar-refractivity contribution in [2.75, 3.05) is 6.61 Å². The molecule has 1 N–H and O–H groups in total. The van der Waals surface area contributed by atoms with Gasteiger partial charge in [-0.2, -0.15) is 0 Å². The topological polar surface area (TPSA) is 63.6 Å². The Labute approximate surface area is 161 Å². The smallest absolute Gasteiger partial charge is 0.308 e. The largest absolute Gasteiger partial charge is 0.466 e. The lowest BCUT2D eigenvalue weighted by Crippen LogP contribution is -2.23. The van der Waals surface area contributed by atoms with Crippen LogP contribution in [-0.2, 0) is 14.3 Å². The first-order valence-corrected chi connectivity index (χ1v) is 10.6. The van der Waals surface area contributed by atoms with Gasteiger partial charge in [0, 0.05) is 5.92 Å². The molecule has 0 radical (unpaired) electrons. The van der Waals surface area contributed by atoms with Crippen molar-refractivity contribution in [3.05, 3.63) is 0 Å². The van der Waals surface area contributed by atoms with Crippen LogP contribution in [0.5, 0.6) is 0 Å². The predicted molar refractivity (Wildman–Crippen MR) is 107 cm³/mol. The van der Waals surface area contributed by atoms with Crippen molar-refractivity contribution in [3.63, 3.8) is 0 Å². The molecule has 0 aliphatic carbocycles. The molecule has 0 bridgehead atoms. The fourth-order valence-electron chi connectivity index (χ4n) is 3.58. The van der Waals surface area contributed by atoms with Crippen LogP contribution in [0, 0.1) is 23.7 Å². The second-order valence-corrected chi connectivity index (χ2v) is 8.45. The van der Waals surface area contributed by atoms with Crippen molar-refractivity contribution < 1.29 is 19.4 Å². The Kier molecular flexibility index (Phi) is 14.7. The Bertz CT molecular complexity index is 367. The second kappa shape index (κ2) is 15.2. The molecule has 26 heavy (non-hydrogen) atoms. The van der Waals surface area contributed by atoms with Gasteiger partial charge in [-0.3, -0.25) is 4.79 Å². The number of aliphatic hydroxyl groups excluding tert-OH is 1. The van der Waals surface area contributed by atoms with Crippen molar-refractivity contribution in [1.82, 2.24) is 0 Å². The minimum Gasteiger partial charge on any atom is -0.466 e. The molecular formula is C22H42O4. The number of hydrogen-bond acceptors (Lipinski definition) is 4. The van der Waals surface area contributed by atoms with Crippen LogP contribution in [0.25, 0.3) is 0 Å². The third-order valence-corrected chi connectivity index (χ3v) is 5.10. The summed E-state index contributed by atoms with van der Waals surface area (Å²) in [5.41, 5.74) is 0. The quantitative estimate of drug-likeness (QED) is 0.231. The third-order valence-electron chi connectivity index (χ3n) is 5.10. The average Bonchev–Trinajstić information content (AvgIpc) is 2.57. The minimum atomic E-state index is -0.944. The Balaban J connectivity index is 3.95. The molecule has 154 valence electrons. The van der Waals surface area contributed by atoms with Gasteiger partial charge in [0.1, 0.15) is 6.29 Å². The Morgan fingerprint density at radius 1 is 1.04 bits per heavy atom. The van der Waals surface area contributed by atoms with Crippen LogP contribution in [0.2, 0.25) is 0 Å². The average molecular weight is 371 g/mol. The Morgan fingerprint density at radius 2 is 1.69 bits per heavy atom. The first kappa shape index (κ1) is 25.1. The summed E-state index contributed by atoms with van der Waals surface area (Å²) < 4.78 is 5.21. The highest BCUT2D eigenvalue weighted by molar-refractivity contribution is 5.70. The fourth-order valence-corrected chi connectivity index (χ4v) is 3.58. The van der Waals surface area contributed by atoms with E-state index in [2.05, 4.69) is 27.7 Å². The van der Waals surface area contributed by atoms with Crippen LogP contribution < -0.4 is 0 Å². The van der Waals surface area contributed by atoms with Gasteiger partial charge in [0.2, 0.25) is 0 Å². The number of esters is 1. The predicted octanol–water partition coefficient (Wildman–Crippen LogP) is 5.16. The second-order valence-electron chi connectivity index (χ2n) is 8.45. The SMILES string of the molecule is CCC[C@H](CCCOC(=O)C[C@H](O)C(C)C=O)CCC[C@H](C)CC(C)C. The molecule has 0 amide bonds. The summed E-state index contributed by atoms with van der Waals surface area (Å²) >= 11 is 0. The molecule has 1 unspecified atom stereocenters. The molecule has 0 fully saturated rings. The molecule has 0 aromatic carbocycles. The van der Waals surface area contributed by atoms with E-state index in [4.69, 9.17) is 4.74 Å². The van der Waals surface area contributed by atoms with Crippen LogP contribution in [-0.4, -0.2) is 30.1 Å². The normalized spacial score (nSPS) is 16.1. The molecule has 4 nitrogen and oxygen atoms in total. The minimum absolute atomic E-state index is 0.105. The van der Waals surface area contributed by atoms with Crippen molar-refractivity contribution in [2.45, 2.75) is 98.5 Å². The Hall–Kier alpha value is -0.900. The monoisotopic (exact) mass is 370 g/mol. The lowest BCUT2D eigenvalue weighted by atomic mass is 9.88. The van der Waals surface area contributed by atoms with E-state index in [9.17, 15) is 14.7 Å². The zero-order chi connectivity index (χ0) is 19.9. The molecule has 0 aliphatic heterocycles. The van der Waals surface area contributed by atoms with E-state index in [1.165, 1.54) is 38.5 Å². The van der Waals surface area contributed by atoms with Crippen molar-refractivity contribution >= 4 is 12.3 Å². The summed E-state index contributed by atoms with van der Waals surface area (Å²) in [5.74, 6) is 1.35. The molecule has 0 saturated carbocycles. The molecule has 4 heteroatoms. The van der Waals surface area contributed by atoms with Crippen molar-refractivity contribution in [1.29, 1.82) is 0 Å². The number of carbonyl (C=O) groups excluding carboxylic acids is 2. The Morgan fingerprint density at radius 3 is 2.27 bits per heavy atom. The third kappa shape index (κ3) is 13.3. The van der Waals surface area contributed by atoms with Gasteiger partial charge in [-0.15, -0.1) is 0 Å². The van der Waals surface area contributed by atoms with Gasteiger partial charge in [-0.05, 0) is 37.0 Å². The molecule has 0 spiro atoms. The standard InChI is InChI=1S/C22H42O4/c1-6-9-20(11-7-10-18(4)14-17(2)3)12-8-13-26-22(25)15-21(24)19(5)16-23/h16-21,24H,6-15H2,1-5H3/t18-,19?,20-,21-/m0/s1. The first-order chi connectivity index (χ1) is 12.3. The molecule has 4 atom stereocenters. The highest BCUT2D eigenvalue weighted by atomic mass is 16.5. The summed E-state index contributed by atoms with van der Waals surface area (Å²) in [7, 11) is 0. The highest BCUT2D eigenvalue weighted by Gasteiger charge is 2.18. The molecule has 0 aliphatic rings. The van der Waals surface area contributed by atoms with E-state index in [1.807, 2.05) is 0 Å². The van der Waals surface area contributed by atoms with Crippen LogP contribution in [0.4, 0.5) is 0 Å². The first-order valence-electron chi connectivity index (χ1n) is 10.6. The van der Waals surface area contributed by atoms with E-state index in [0.717, 1.165) is 24.7 Å². The van der Waals surface area contributed by atoms with E-state index in [0.29, 0.717) is 18.8 Å². The van der Waals surface area contributed by atoms with Gasteiger partial charge >= 0.3 is 5.97 Å². The maximum atomic E-state index is 11.7. The van der Waals surface area contributed by atoms with Crippen LogP contribution in [0.3, 0.4) is 0 Å². The molecule has 0 aromatic rings. The number of hydrogen-bond donors (Lipinski definition) is 1. The maximum Gasteiger partial charge on any atom is 0.308 e. The van der Waals surface area contributed by atoms with E-state index in [1.54, 1.807) is 6.92 Å². The summed E-state index contributed by atoms with van der Waals surface area (Å²) in [6.45, 7) is 11.2. The molecule has 0 heterocycles. The van der Waals surface area contributed by atoms with E-state index >= 15 is 0 Å². The van der Waals surface area contributed by atoms with E-state index < -0.39 is 18.0 Å². The van der Waals surface area contributed by atoms with Gasteiger partial charge in [0.15, 0.2) is 0 Å². The number of carbonyl (C=O) groups is 2.